The molecule has 0 atom stereocenters. The average Bonchev–Trinajstić information content (AvgIpc) is 3.18. The molecule has 0 unspecified atom stereocenters. The predicted molar refractivity (Wildman–Crippen MR) is 119 cm³/mol. The monoisotopic (exact) mass is 426 g/mol. The molecule has 3 amide bonds. The van der Waals surface area contributed by atoms with Crippen LogP contribution in [0.5, 0.6) is 0 Å². The molecule has 166 valence electrons. The van der Waals surface area contributed by atoms with Gasteiger partial charge in [-0.3, -0.25) is 9.59 Å². The lowest BCUT2D eigenvalue weighted by Gasteiger charge is -2.34. The predicted octanol–water partition coefficient (Wildman–Crippen LogP) is 4.27. The molecule has 8 heteroatoms. The summed E-state index contributed by atoms with van der Waals surface area (Å²) in [7, 11) is 0. The molecular formula is C23H30N4O4. The van der Waals surface area contributed by atoms with Crippen LogP contribution in [0.25, 0.3) is 0 Å². The summed E-state index contributed by atoms with van der Waals surface area (Å²) in [5.74, 6) is -0.348. The highest BCUT2D eigenvalue weighted by Crippen LogP contribution is 2.26. The molecule has 1 aliphatic rings. The summed E-state index contributed by atoms with van der Waals surface area (Å²) in [6.45, 7) is 8.19. The maximum atomic E-state index is 12.8. The van der Waals surface area contributed by atoms with Crippen LogP contribution in [0.1, 0.15) is 57.1 Å². The quantitative estimate of drug-likeness (QED) is 0.764. The van der Waals surface area contributed by atoms with Crippen molar-refractivity contribution in [2.45, 2.75) is 52.2 Å². The van der Waals surface area contributed by atoms with Gasteiger partial charge in [0.15, 0.2) is 0 Å². The number of aromatic nitrogens is 1. The highest BCUT2D eigenvalue weighted by Gasteiger charge is 2.28. The van der Waals surface area contributed by atoms with Gasteiger partial charge >= 0.3 is 6.09 Å². The number of anilines is 2. The lowest BCUT2D eigenvalue weighted by molar-refractivity contribution is -0.114. The van der Waals surface area contributed by atoms with Crippen molar-refractivity contribution < 1.29 is 19.1 Å². The van der Waals surface area contributed by atoms with E-state index in [0.717, 1.165) is 12.8 Å². The van der Waals surface area contributed by atoms with Gasteiger partial charge in [-0.1, -0.05) is 0 Å². The first-order chi connectivity index (χ1) is 14.6. The van der Waals surface area contributed by atoms with E-state index in [1.54, 1.807) is 35.2 Å². The Balaban J connectivity index is 1.60. The summed E-state index contributed by atoms with van der Waals surface area (Å²) in [6.07, 6.45) is 3.11. The number of nitrogens with one attached hydrogen (secondary N) is 2. The zero-order chi connectivity index (χ0) is 22.6. The number of carbonyl (C=O) groups excluding carboxylic acids is 3. The van der Waals surface area contributed by atoms with Gasteiger partial charge in [-0.05, 0) is 70.0 Å². The van der Waals surface area contributed by atoms with Crippen LogP contribution in [0.4, 0.5) is 16.2 Å². The Kier molecular flexibility index (Phi) is 6.68. The third-order valence-corrected chi connectivity index (χ3v) is 4.98. The number of likely N-dealkylation sites (tertiary alicyclic amines) is 1. The number of piperidine rings is 1. The molecule has 3 rings (SSSR count). The van der Waals surface area contributed by atoms with Crippen LogP contribution in [0.2, 0.25) is 0 Å². The fourth-order valence-corrected chi connectivity index (χ4v) is 3.59. The number of hydrogen-bond acceptors (Lipinski definition) is 4. The van der Waals surface area contributed by atoms with Crippen LogP contribution in [-0.4, -0.2) is 46.1 Å². The number of rotatable bonds is 4. The Labute approximate surface area is 182 Å². The summed E-state index contributed by atoms with van der Waals surface area (Å²) in [5.41, 5.74) is 1.37. The van der Waals surface area contributed by atoms with Crippen molar-refractivity contribution >= 4 is 29.3 Å². The van der Waals surface area contributed by atoms with E-state index in [0.29, 0.717) is 30.2 Å². The van der Waals surface area contributed by atoms with Gasteiger partial charge in [0.25, 0.3) is 5.91 Å². The summed E-state index contributed by atoms with van der Waals surface area (Å²) < 4.78 is 7.43. The molecule has 0 spiro atoms. The molecule has 8 nitrogen and oxygen atoms in total. The van der Waals surface area contributed by atoms with Crippen molar-refractivity contribution in [3.63, 3.8) is 0 Å². The minimum absolute atomic E-state index is 0.136. The molecule has 2 heterocycles. The van der Waals surface area contributed by atoms with Crippen molar-refractivity contribution in [1.29, 1.82) is 0 Å². The van der Waals surface area contributed by atoms with E-state index in [9.17, 15) is 14.4 Å². The maximum Gasteiger partial charge on any atom is 0.410 e. The van der Waals surface area contributed by atoms with Gasteiger partial charge in [0, 0.05) is 43.6 Å². The van der Waals surface area contributed by atoms with Crippen molar-refractivity contribution in [2.24, 2.45) is 0 Å². The Morgan fingerprint density at radius 2 is 1.55 bits per heavy atom. The van der Waals surface area contributed by atoms with Crippen LogP contribution in [0.3, 0.4) is 0 Å². The third kappa shape index (κ3) is 6.10. The minimum Gasteiger partial charge on any atom is -0.444 e. The van der Waals surface area contributed by atoms with Crippen molar-refractivity contribution in [2.75, 3.05) is 23.7 Å². The van der Waals surface area contributed by atoms with Crippen LogP contribution in [-0.2, 0) is 9.53 Å². The van der Waals surface area contributed by atoms with Gasteiger partial charge in [-0.25, -0.2) is 4.79 Å². The molecule has 1 aromatic heterocycles. The molecule has 0 aliphatic carbocycles. The highest BCUT2D eigenvalue weighted by atomic mass is 16.6. The molecule has 1 aliphatic heterocycles. The van der Waals surface area contributed by atoms with Crippen molar-refractivity contribution in [1.82, 2.24) is 9.47 Å². The first-order valence-electron chi connectivity index (χ1n) is 10.5. The van der Waals surface area contributed by atoms with Crippen LogP contribution in [0, 0.1) is 0 Å². The lowest BCUT2D eigenvalue weighted by atomic mass is 10.0. The molecule has 0 radical (unpaired) electrons. The van der Waals surface area contributed by atoms with E-state index >= 15 is 0 Å². The van der Waals surface area contributed by atoms with E-state index < -0.39 is 5.60 Å². The Hall–Kier alpha value is -3.29. The van der Waals surface area contributed by atoms with Gasteiger partial charge in [-0.2, -0.15) is 0 Å². The first-order valence-corrected chi connectivity index (χ1v) is 10.5. The van der Waals surface area contributed by atoms with E-state index in [2.05, 4.69) is 10.6 Å². The second-order valence-corrected chi connectivity index (χ2v) is 8.71. The Bertz CT molecular complexity index is 935. The molecule has 0 saturated carbocycles. The Morgan fingerprint density at radius 3 is 2.10 bits per heavy atom. The second kappa shape index (κ2) is 9.24. The molecule has 0 bridgehead atoms. The topological polar surface area (TPSA) is 92.7 Å². The average molecular weight is 427 g/mol. The zero-order valence-electron chi connectivity index (χ0n) is 18.5. The smallest absolute Gasteiger partial charge is 0.410 e. The lowest BCUT2D eigenvalue weighted by Crippen LogP contribution is -2.42. The third-order valence-electron chi connectivity index (χ3n) is 4.98. The minimum atomic E-state index is -0.514. The fraction of sp³-hybridized carbons (Fsp3) is 0.435. The normalized spacial score (nSPS) is 14.8. The molecule has 31 heavy (non-hydrogen) atoms. The summed E-state index contributed by atoms with van der Waals surface area (Å²) >= 11 is 0. The summed E-state index contributed by atoms with van der Waals surface area (Å²) in [6, 6.07) is 10.8. The number of hydrogen-bond donors (Lipinski definition) is 2. The molecule has 2 aromatic rings. The molecular weight excluding hydrogens is 396 g/mol. The number of benzene rings is 1. The van der Waals surface area contributed by atoms with E-state index in [1.165, 1.54) is 6.92 Å². The zero-order valence-corrected chi connectivity index (χ0v) is 18.5. The molecule has 1 aromatic carbocycles. The van der Waals surface area contributed by atoms with Crippen LogP contribution in [0.15, 0.2) is 42.6 Å². The number of ether oxygens (including phenoxy) is 1. The second-order valence-electron chi connectivity index (χ2n) is 8.71. The molecule has 2 N–H and O–H groups in total. The molecule has 1 fully saturated rings. The number of carbonyl (C=O) groups is 3. The van der Waals surface area contributed by atoms with Gasteiger partial charge < -0.3 is 24.8 Å². The van der Waals surface area contributed by atoms with Crippen LogP contribution < -0.4 is 10.6 Å². The summed E-state index contributed by atoms with van der Waals surface area (Å²) in [5, 5.41) is 5.60. The standard InChI is InChI=1S/C23H30N4O4/c1-16(28)24-17-7-9-18(10-8-17)25-21(29)20-6-5-13-27(20)19-11-14-26(15-12-19)22(30)31-23(2,3)4/h5-10,13,19H,11-12,14-15H2,1-4H3,(H,24,28)(H,25,29). The van der Waals surface area contributed by atoms with Crippen LogP contribution >= 0.6 is 0 Å². The maximum absolute atomic E-state index is 12.8. The number of amides is 3. The van der Waals surface area contributed by atoms with E-state index in [-0.39, 0.29) is 23.9 Å². The van der Waals surface area contributed by atoms with Crippen molar-refractivity contribution in [3.05, 3.63) is 48.3 Å². The molecule has 1 saturated heterocycles. The van der Waals surface area contributed by atoms with Gasteiger partial charge in [-0.15, -0.1) is 0 Å². The number of nitrogens with zero attached hydrogens (tertiary/aromatic N) is 2. The van der Waals surface area contributed by atoms with Gasteiger partial charge in [0.1, 0.15) is 11.3 Å². The van der Waals surface area contributed by atoms with E-state index in [1.807, 2.05) is 37.6 Å². The largest absolute Gasteiger partial charge is 0.444 e. The first kappa shape index (κ1) is 22.4. The van der Waals surface area contributed by atoms with Crippen molar-refractivity contribution in [3.8, 4) is 0 Å². The van der Waals surface area contributed by atoms with Gasteiger partial charge in [0.2, 0.25) is 5.91 Å². The SMILES string of the molecule is CC(=O)Nc1ccc(NC(=O)c2cccn2C2CCN(C(=O)OC(C)(C)C)CC2)cc1. The van der Waals surface area contributed by atoms with E-state index in [4.69, 9.17) is 4.74 Å². The Morgan fingerprint density at radius 1 is 0.968 bits per heavy atom. The van der Waals surface area contributed by atoms with Gasteiger partial charge in [0.05, 0.1) is 0 Å². The highest BCUT2D eigenvalue weighted by molar-refractivity contribution is 6.03. The fourth-order valence-electron chi connectivity index (χ4n) is 3.59. The summed E-state index contributed by atoms with van der Waals surface area (Å²) in [4.78, 5) is 38.0.